The molecular weight excluding hydrogens is 162 g/mol. The second-order valence-electron chi connectivity index (χ2n) is 3.57. The van der Waals surface area contributed by atoms with Gasteiger partial charge in [0.05, 0.1) is 5.69 Å². The monoisotopic (exact) mass is 177 g/mol. The van der Waals surface area contributed by atoms with E-state index in [2.05, 4.69) is 29.1 Å². The van der Waals surface area contributed by atoms with E-state index in [-0.39, 0.29) is 0 Å². The SMILES string of the molecule is CCNc1ncc(C)c(C2CC2)n1. The van der Waals surface area contributed by atoms with Crippen molar-refractivity contribution in [3.63, 3.8) is 0 Å². The molecule has 2 rings (SSSR count). The zero-order valence-electron chi connectivity index (χ0n) is 8.17. The lowest BCUT2D eigenvalue weighted by Crippen LogP contribution is -2.04. The van der Waals surface area contributed by atoms with Crippen molar-refractivity contribution in [2.75, 3.05) is 11.9 Å². The van der Waals surface area contributed by atoms with Crippen LogP contribution < -0.4 is 5.32 Å². The van der Waals surface area contributed by atoms with Gasteiger partial charge < -0.3 is 5.32 Å². The van der Waals surface area contributed by atoms with Crippen LogP contribution in [-0.2, 0) is 0 Å². The highest BCUT2D eigenvalue weighted by atomic mass is 15.1. The van der Waals surface area contributed by atoms with E-state index in [0.717, 1.165) is 12.5 Å². The molecule has 0 radical (unpaired) electrons. The minimum atomic E-state index is 0.709. The number of nitrogens with one attached hydrogen (secondary N) is 1. The molecule has 0 unspecified atom stereocenters. The van der Waals surface area contributed by atoms with Gasteiger partial charge in [-0.2, -0.15) is 0 Å². The summed E-state index contributed by atoms with van der Waals surface area (Å²) in [6, 6.07) is 0. The maximum absolute atomic E-state index is 4.50. The van der Waals surface area contributed by atoms with Gasteiger partial charge in [0.1, 0.15) is 0 Å². The average Bonchev–Trinajstić information content (AvgIpc) is 2.92. The third-order valence-corrected chi connectivity index (χ3v) is 2.31. The van der Waals surface area contributed by atoms with Gasteiger partial charge >= 0.3 is 0 Å². The van der Waals surface area contributed by atoms with Crippen LogP contribution in [0.2, 0.25) is 0 Å². The van der Waals surface area contributed by atoms with Crippen molar-refractivity contribution in [2.24, 2.45) is 0 Å². The van der Waals surface area contributed by atoms with Gasteiger partial charge in [-0.25, -0.2) is 9.97 Å². The molecule has 3 nitrogen and oxygen atoms in total. The second kappa shape index (κ2) is 3.32. The van der Waals surface area contributed by atoms with E-state index < -0.39 is 0 Å². The Balaban J connectivity index is 2.25. The highest BCUT2D eigenvalue weighted by Crippen LogP contribution is 2.40. The van der Waals surface area contributed by atoms with Gasteiger partial charge in [0, 0.05) is 18.7 Å². The molecule has 1 aliphatic rings. The van der Waals surface area contributed by atoms with Crippen molar-refractivity contribution in [1.82, 2.24) is 9.97 Å². The van der Waals surface area contributed by atoms with E-state index in [4.69, 9.17) is 0 Å². The smallest absolute Gasteiger partial charge is 0.222 e. The summed E-state index contributed by atoms with van der Waals surface area (Å²) in [4.78, 5) is 8.72. The van der Waals surface area contributed by atoms with Gasteiger partial charge in [-0.1, -0.05) is 0 Å². The summed E-state index contributed by atoms with van der Waals surface area (Å²) in [5.41, 5.74) is 2.47. The molecule has 0 spiro atoms. The number of nitrogens with zero attached hydrogens (tertiary/aromatic N) is 2. The van der Waals surface area contributed by atoms with Crippen LogP contribution in [0.5, 0.6) is 0 Å². The largest absolute Gasteiger partial charge is 0.354 e. The molecule has 0 aliphatic heterocycles. The lowest BCUT2D eigenvalue weighted by atomic mass is 10.2. The number of hydrogen-bond acceptors (Lipinski definition) is 3. The normalized spacial score (nSPS) is 15.8. The third-order valence-electron chi connectivity index (χ3n) is 2.31. The number of anilines is 1. The summed E-state index contributed by atoms with van der Waals surface area (Å²) in [6.45, 7) is 5.02. The molecule has 1 aromatic heterocycles. The Hall–Kier alpha value is -1.12. The molecule has 1 saturated carbocycles. The molecule has 1 heterocycles. The van der Waals surface area contributed by atoms with Crippen LogP contribution in [0.4, 0.5) is 5.95 Å². The fourth-order valence-corrected chi connectivity index (χ4v) is 1.47. The number of aryl methyl sites for hydroxylation is 1. The van der Waals surface area contributed by atoms with Crippen LogP contribution in [0.3, 0.4) is 0 Å². The van der Waals surface area contributed by atoms with E-state index >= 15 is 0 Å². The topological polar surface area (TPSA) is 37.8 Å². The molecule has 3 heteroatoms. The average molecular weight is 177 g/mol. The summed E-state index contributed by atoms with van der Waals surface area (Å²) in [7, 11) is 0. The first kappa shape index (κ1) is 8.48. The Morgan fingerprint density at radius 2 is 2.31 bits per heavy atom. The van der Waals surface area contributed by atoms with Crippen molar-refractivity contribution in [3.8, 4) is 0 Å². The Labute approximate surface area is 78.6 Å². The van der Waals surface area contributed by atoms with Crippen molar-refractivity contribution < 1.29 is 0 Å². The Morgan fingerprint density at radius 3 is 2.92 bits per heavy atom. The van der Waals surface area contributed by atoms with Crippen molar-refractivity contribution in [2.45, 2.75) is 32.6 Å². The first-order chi connectivity index (χ1) is 6.31. The highest BCUT2D eigenvalue weighted by molar-refractivity contribution is 5.32. The van der Waals surface area contributed by atoms with Crippen LogP contribution in [-0.4, -0.2) is 16.5 Å². The van der Waals surface area contributed by atoms with Crippen molar-refractivity contribution in [1.29, 1.82) is 0 Å². The van der Waals surface area contributed by atoms with Crippen LogP contribution in [0.1, 0.15) is 36.9 Å². The summed E-state index contributed by atoms with van der Waals surface area (Å²) in [5.74, 6) is 1.48. The summed E-state index contributed by atoms with van der Waals surface area (Å²) in [5, 5.41) is 3.14. The maximum Gasteiger partial charge on any atom is 0.222 e. The van der Waals surface area contributed by atoms with Crippen molar-refractivity contribution >= 4 is 5.95 Å². The molecule has 1 fully saturated rings. The lowest BCUT2D eigenvalue weighted by molar-refractivity contribution is 0.950. The minimum Gasteiger partial charge on any atom is -0.354 e. The van der Waals surface area contributed by atoms with Crippen molar-refractivity contribution in [3.05, 3.63) is 17.5 Å². The summed E-state index contributed by atoms with van der Waals surface area (Å²) < 4.78 is 0. The number of aromatic nitrogens is 2. The quantitative estimate of drug-likeness (QED) is 0.768. The van der Waals surface area contributed by atoms with Gasteiger partial charge in [0.2, 0.25) is 5.95 Å². The molecule has 0 atom stereocenters. The number of rotatable bonds is 3. The lowest BCUT2D eigenvalue weighted by Gasteiger charge is -2.05. The van der Waals surface area contributed by atoms with Gasteiger partial charge in [-0.05, 0) is 32.3 Å². The van der Waals surface area contributed by atoms with E-state index in [9.17, 15) is 0 Å². The fourth-order valence-electron chi connectivity index (χ4n) is 1.47. The standard InChI is InChI=1S/C10H15N3/c1-3-11-10-12-6-7(2)9(13-10)8-4-5-8/h6,8H,3-5H2,1-2H3,(H,11,12,13). The molecule has 1 N–H and O–H groups in total. The molecule has 1 aliphatic carbocycles. The Bertz CT molecular complexity index is 305. The van der Waals surface area contributed by atoms with E-state index in [1.165, 1.54) is 24.1 Å². The number of hydrogen-bond donors (Lipinski definition) is 1. The van der Waals surface area contributed by atoms with Crippen LogP contribution in [0.15, 0.2) is 6.20 Å². The van der Waals surface area contributed by atoms with Gasteiger partial charge in [-0.3, -0.25) is 0 Å². The molecule has 70 valence electrons. The van der Waals surface area contributed by atoms with E-state index in [1.807, 2.05) is 6.20 Å². The van der Waals surface area contributed by atoms with Crippen LogP contribution >= 0.6 is 0 Å². The Morgan fingerprint density at radius 1 is 1.54 bits per heavy atom. The van der Waals surface area contributed by atoms with Crippen LogP contribution in [0.25, 0.3) is 0 Å². The second-order valence-corrected chi connectivity index (χ2v) is 3.57. The van der Waals surface area contributed by atoms with Gasteiger partial charge in [0.25, 0.3) is 0 Å². The third kappa shape index (κ3) is 1.79. The molecule has 0 amide bonds. The van der Waals surface area contributed by atoms with Gasteiger partial charge in [-0.15, -0.1) is 0 Å². The van der Waals surface area contributed by atoms with Crippen LogP contribution in [0, 0.1) is 6.92 Å². The van der Waals surface area contributed by atoms with E-state index in [0.29, 0.717) is 5.92 Å². The molecule has 0 aromatic carbocycles. The first-order valence-corrected chi connectivity index (χ1v) is 4.88. The summed E-state index contributed by atoms with van der Waals surface area (Å²) in [6.07, 6.45) is 4.51. The molecule has 0 bridgehead atoms. The predicted molar refractivity (Wildman–Crippen MR) is 52.9 cm³/mol. The van der Waals surface area contributed by atoms with E-state index in [1.54, 1.807) is 0 Å². The molecular formula is C10H15N3. The molecule has 1 aromatic rings. The predicted octanol–water partition coefficient (Wildman–Crippen LogP) is 2.09. The summed E-state index contributed by atoms with van der Waals surface area (Å²) >= 11 is 0. The zero-order chi connectivity index (χ0) is 9.26. The highest BCUT2D eigenvalue weighted by Gasteiger charge is 2.26. The fraction of sp³-hybridized carbons (Fsp3) is 0.600. The molecule has 13 heavy (non-hydrogen) atoms. The Kier molecular flexibility index (Phi) is 2.17. The minimum absolute atomic E-state index is 0.709. The zero-order valence-corrected chi connectivity index (χ0v) is 8.17. The first-order valence-electron chi connectivity index (χ1n) is 4.88. The van der Waals surface area contributed by atoms with Gasteiger partial charge in [0.15, 0.2) is 0 Å². The molecule has 0 saturated heterocycles. The maximum atomic E-state index is 4.50.